The molecule has 1 saturated heterocycles. The van der Waals surface area contributed by atoms with Crippen molar-refractivity contribution in [1.29, 1.82) is 0 Å². The van der Waals surface area contributed by atoms with Gasteiger partial charge < -0.3 is 9.88 Å². The zero-order chi connectivity index (χ0) is 13.9. The van der Waals surface area contributed by atoms with Gasteiger partial charge in [-0.1, -0.05) is 0 Å². The summed E-state index contributed by atoms with van der Waals surface area (Å²) in [6.07, 6.45) is 6.11. The maximum absolute atomic E-state index is 4.72. The van der Waals surface area contributed by atoms with Crippen molar-refractivity contribution in [3.8, 4) is 10.7 Å². The first kappa shape index (κ1) is 13.8. The highest BCUT2D eigenvalue weighted by Gasteiger charge is 2.15. The predicted molar refractivity (Wildman–Crippen MR) is 85.2 cm³/mol. The number of nitrogens with zero attached hydrogens (tertiary/aromatic N) is 2. The number of nitrogens with one attached hydrogen (secondary N) is 1. The second kappa shape index (κ2) is 6.10. The quantitative estimate of drug-likeness (QED) is 0.931. The third kappa shape index (κ3) is 3.13. The summed E-state index contributed by atoms with van der Waals surface area (Å²) in [4.78, 5) is 7.36. The Morgan fingerprint density at radius 3 is 2.80 bits per heavy atom. The number of imidazole rings is 1. The molecule has 4 heteroatoms. The van der Waals surface area contributed by atoms with Crippen LogP contribution in [0.3, 0.4) is 0 Å². The minimum atomic E-state index is 0.872. The van der Waals surface area contributed by atoms with Crippen LogP contribution >= 0.6 is 11.3 Å². The van der Waals surface area contributed by atoms with Crippen LogP contribution in [0.1, 0.15) is 29.8 Å². The molecule has 1 aliphatic rings. The zero-order valence-electron chi connectivity index (χ0n) is 12.4. The molecular formula is C16H23N3S. The second-order valence-corrected chi connectivity index (χ2v) is 7.08. The monoisotopic (exact) mass is 289 g/mol. The molecule has 2 aromatic rings. The lowest BCUT2D eigenvalue weighted by atomic mass is 9.95. The summed E-state index contributed by atoms with van der Waals surface area (Å²) in [5.41, 5.74) is 1.12. The van der Waals surface area contributed by atoms with Crippen LogP contribution in [-0.2, 0) is 6.54 Å². The highest BCUT2D eigenvalue weighted by molar-refractivity contribution is 7.15. The molecular weight excluding hydrogens is 266 g/mol. The number of rotatable bonds is 4. The Balaban J connectivity index is 1.72. The van der Waals surface area contributed by atoms with Crippen molar-refractivity contribution in [1.82, 2.24) is 14.9 Å². The fraction of sp³-hybridized carbons (Fsp3) is 0.562. The number of aryl methyl sites for hydroxylation is 3. The van der Waals surface area contributed by atoms with Crippen molar-refractivity contribution in [2.75, 3.05) is 13.1 Å². The maximum Gasteiger partial charge on any atom is 0.150 e. The van der Waals surface area contributed by atoms with Gasteiger partial charge in [0.25, 0.3) is 0 Å². The highest BCUT2D eigenvalue weighted by Crippen LogP contribution is 2.28. The average Bonchev–Trinajstić information content (AvgIpc) is 3.03. The van der Waals surface area contributed by atoms with E-state index in [-0.39, 0.29) is 0 Å². The lowest BCUT2D eigenvalue weighted by Crippen LogP contribution is -2.28. The number of aromatic nitrogens is 2. The van der Waals surface area contributed by atoms with E-state index < -0.39 is 0 Å². The fourth-order valence-electron chi connectivity index (χ4n) is 2.96. The molecule has 0 spiro atoms. The van der Waals surface area contributed by atoms with E-state index in [1.807, 2.05) is 11.3 Å². The Kier molecular flexibility index (Phi) is 4.22. The molecule has 0 bridgehead atoms. The molecule has 1 fully saturated rings. The Labute approximate surface area is 125 Å². The standard InChI is InChI=1S/C16H23N3S/c1-12-11-19(10-7-14-5-8-17-9-6-14)16(18-12)15-4-3-13(2)20-15/h3-4,11,14,17H,5-10H2,1-2H3. The van der Waals surface area contributed by atoms with Gasteiger partial charge in [0.15, 0.2) is 0 Å². The highest BCUT2D eigenvalue weighted by atomic mass is 32.1. The van der Waals surface area contributed by atoms with Crippen LogP contribution in [-0.4, -0.2) is 22.6 Å². The van der Waals surface area contributed by atoms with Gasteiger partial charge in [-0.15, -0.1) is 11.3 Å². The van der Waals surface area contributed by atoms with E-state index in [0.717, 1.165) is 24.0 Å². The van der Waals surface area contributed by atoms with Crippen LogP contribution in [0, 0.1) is 19.8 Å². The molecule has 1 N–H and O–H groups in total. The van der Waals surface area contributed by atoms with Gasteiger partial charge in [-0.25, -0.2) is 4.98 Å². The van der Waals surface area contributed by atoms with Gasteiger partial charge >= 0.3 is 0 Å². The van der Waals surface area contributed by atoms with Crippen molar-refractivity contribution >= 4 is 11.3 Å². The number of piperidine rings is 1. The molecule has 0 atom stereocenters. The van der Waals surface area contributed by atoms with Crippen LogP contribution in [0.4, 0.5) is 0 Å². The Morgan fingerprint density at radius 2 is 2.10 bits per heavy atom. The summed E-state index contributed by atoms with van der Waals surface area (Å²) in [5, 5.41) is 3.44. The number of hydrogen-bond acceptors (Lipinski definition) is 3. The topological polar surface area (TPSA) is 29.9 Å². The zero-order valence-corrected chi connectivity index (χ0v) is 13.2. The Bertz CT molecular complexity index is 564. The summed E-state index contributed by atoms with van der Waals surface area (Å²) >= 11 is 1.84. The van der Waals surface area contributed by atoms with Crippen molar-refractivity contribution in [2.24, 2.45) is 5.92 Å². The number of hydrogen-bond donors (Lipinski definition) is 1. The van der Waals surface area contributed by atoms with Crippen LogP contribution < -0.4 is 5.32 Å². The van der Waals surface area contributed by atoms with E-state index in [4.69, 9.17) is 4.98 Å². The van der Waals surface area contributed by atoms with Gasteiger partial charge in [-0.05, 0) is 64.3 Å². The van der Waals surface area contributed by atoms with Gasteiger partial charge in [-0.3, -0.25) is 0 Å². The van der Waals surface area contributed by atoms with Crippen LogP contribution in [0.2, 0.25) is 0 Å². The van der Waals surface area contributed by atoms with Crippen LogP contribution in [0.15, 0.2) is 18.3 Å². The Morgan fingerprint density at radius 1 is 1.30 bits per heavy atom. The van der Waals surface area contributed by atoms with E-state index in [0.29, 0.717) is 0 Å². The summed E-state index contributed by atoms with van der Waals surface area (Å²) < 4.78 is 2.35. The normalized spacial score (nSPS) is 16.7. The molecule has 3 heterocycles. The molecule has 108 valence electrons. The maximum atomic E-state index is 4.72. The predicted octanol–water partition coefficient (Wildman–Crippen LogP) is 3.62. The molecule has 2 aromatic heterocycles. The van der Waals surface area contributed by atoms with Gasteiger partial charge in [-0.2, -0.15) is 0 Å². The molecule has 20 heavy (non-hydrogen) atoms. The third-order valence-electron chi connectivity index (χ3n) is 4.09. The van der Waals surface area contributed by atoms with E-state index in [2.05, 4.69) is 42.1 Å². The van der Waals surface area contributed by atoms with Crippen molar-refractivity contribution < 1.29 is 0 Å². The van der Waals surface area contributed by atoms with Crippen molar-refractivity contribution in [3.63, 3.8) is 0 Å². The molecule has 0 saturated carbocycles. The lowest BCUT2D eigenvalue weighted by molar-refractivity contribution is 0.338. The molecule has 0 aromatic carbocycles. The van der Waals surface area contributed by atoms with E-state index in [1.165, 1.54) is 42.1 Å². The lowest BCUT2D eigenvalue weighted by Gasteiger charge is -2.22. The molecule has 0 unspecified atom stereocenters. The molecule has 0 radical (unpaired) electrons. The summed E-state index contributed by atoms with van der Waals surface area (Å²) in [6, 6.07) is 4.38. The third-order valence-corrected chi connectivity index (χ3v) is 5.09. The van der Waals surface area contributed by atoms with E-state index in [1.54, 1.807) is 0 Å². The van der Waals surface area contributed by atoms with E-state index >= 15 is 0 Å². The number of thiophene rings is 1. The average molecular weight is 289 g/mol. The van der Waals surface area contributed by atoms with Crippen LogP contribution in [0.25, 0.3) is 10.7 Å². The molecule has 1 aliphatic heterocycles. The SMILES string of the molecule is Cc1cn(CCC2CCNCC2)c(-c2ccc(C)s2)n1. The Hall–Kier alpha value is -1.13. The first-order valence-electron chi connectivity index (χ1n) is 7.53. The van der Waals surface area contributed by atoms with Crippen LogP contribution in [0.5, 0.6) is 0 Å². The molecule has 3 nitrogen and oxygen atoms in total. The van der Waals surface area contributed by atoms with Gasteiger partial charge in [0, 0.05) is 17.6 Å². The summed E-state index contributed by atoms with van der Waals surface area (Å²) in [7, 11) is 0. The minimum Gasteiger partial charge on any atom is -0.330 e. The first-order chi connectivity index (χ1) is 9.72. The largest absolute Gasteiger partial charge is 0.330 e. The van der Waals surface area contributed by atoms with E-state index in [9.17, 15) is 0 Å². The smallest absolute Gasteiger partial charge is 0.150 e. The minimum absolute atomic E-state index is 0.872. The van der Waals surface area contributed by atoms with Gasteiger partial charge in [0.2, 0.25) is 0 Å². The fourth-order valence-corrected chi connectivity index (χ4v) is 3.83. The summed E-state index contributed by atoms with van der Waals surface area (Å²) in [5.74, 6) is 2.02. The summed E-state index contributed by atoms with van der Waals surface area (Å²) in [6.45, 7) is 7.71. The van der Waals surface area contributed by atoms with Gasteiger partial charge in [0.1, 0.15) is 5.82 Å². The molecule has 0 amide bonds. The molecule has 3 rings (SSSR count). The van der Waals surface area contributed by atoms with Gasteiger partial charge in [0.05, 0.1) is 10.6 Å². The van der Waals surface area contributed by atoms with Crippen molar-refractivity contribution in [2.45, 2.75) is 39.7 Å². The molecule has 0 aliphatic carbocycles. The first-order valence-corrected chi connectivity index (χ1v) is 8.35. The van der Waals surface area contributed by atoms with Crippen molar-refractivity contribution in [3.05, 3.63) is 28.9 Å². The second-order valence-electron chi connectivity index (χ2n) is 5.79.